The minimum atomic E-state index is -0.508. The lowest BCUT2D eigenvalue weighted by atomic mass is 10.2. The molecule has 1 heterocycles. The van der Waals surface area contributed by atoms with Gasteiger partial charge in [-0.25, -0.2) is 8.78 Å². The van der Waals surface area contributed by atoms with E-state index in [2.05, 4.69) is 5.32 Å². The summed E-state index contributed by atoms with van der Waals surface area (Å²) in [5, 5.41) is 3.57. The monoisotopic (exact) mass is 436 g/mol. The number of hydrogen-bond donors (Lipinski definition) is 1. The number of carbonyl (C=O) groups excluding carboxylic acids is 1. The lowest BCUT2D eigenvalue weighted by Crippen LogP contribution is -2.18. The Kier molecular flexibility index (Phi) is 6.47. The second-order valence-corrected chi connectivity index (χ2v) is 7.20. The summed E-state index contributed by atoms with van der Waals surface area (Å²) in [6.45, 7) is 0.767. The molecule has 4 rings (SSSR count). The summed E-state index contributed by atoms with van der Waals surface area (Å²) >= 11 is 0. The summed E-state index contributed by atoms with van der Waals surface area (Å²) in [5.41, 5.74) is 1.77. The molecule has 0 bridgehead atoms. The highest BCUT2D eigenvalue weighted by molar-refractivity contribution is 6.07. The SMILES string of the molecule is COCCOc1ccc(F)cc1NC(=O)c1cc2ccccc2n1Cc1ccccc1F. The third-order valence-corrected chi connectivity index (χ3v) is 5.06. The summed E-state index contributed by atoms with van der Waals surface area (Å²) in [4.78, 5) is 13.2. The van der Waals surface area contributed by atoms with Gasteiger partial charge >= 0.3 is 0 Å². The number of para-hydroxylation sites is 1. The molecule has 0 unspecified atom stereocenters. The first kappa shape index (κ1) is 21.5. The summed E-state index contributed by atoms with van der Waals surface area (Å²) in [6, 6.07) is 19.6. The van der Waals surface area contributed by atoms with E-state index in [1.807, 2.05) is 24.3 Å². The van der Waals surface area contributed by atoms with Crippen LogP contribution in [0.3, 0.4) is 0 Å². The summed E-state index contributed by atoms with van der Waals surface area (Å²) in [7, 11) is 1.55. The van der Waals surface area contributed by atoms with Crippen molar-refractivity contribution in [3.8, 4) is 5.75 Å². The third-order valence-electron chi connectivity index (χ3n) is 5.06. The van der Waals surface area contributed by atoms with E-state index in [9.17, 15) is 13.6 Å². The second-order valence-electron chi connectivity index (χ2n) is 7.20. The Morgan fingerprint density at radius 2 is 1.75 bits per heavy atom. The maximum absolute atomic E-state index is 14.3. The highest BCUT2D eigenvalue weighted by atomic mass is 19.1. The van der Waals surface area contributed by atoms with Crippen LogP contribution in [0.2, 0.25) is 0 Å². The molecule has 1 aromatic heterocycles. The lowest BCUT2D eigenvalue weighted by molar-refractivity contribution is 0.101. The van der Waals surface area contributed by atoms with Crippen molar-refractivity contribution in [2.45, 2.75) is 6.54 Å². The van der Waals surface area contributed by atoms with Crippen molar-refractivity contribution in [1.82, 2.24) is 4.57 Å². The van der Waals surface area contributed by atoms with Gasteiger partial charge in [-0.2, -0.15) is 0 Å². The lowest BCUT2D eigenvalue weighted by Gasteiger charge is -2.14. The first-order chi connectivity index (χ1) is 15.6. The predicted octanol–water partition coefficient (Wildman–Crippen LogP) is 5.25. The van der Waals surface area contributed by atoms with Crippen LogP contribution < -0.4 is 10.1 Å². The molecule has 0 saturated carbocycles. The Hall–Kier alpha value is -3.71. The molecule has 0 aliphatic carbocycles. The number of ether oxygens (including phenoxy) is 2. The largest absolute Gasteiger partial charge is 0.489 e. The van der Waals surface area contributed by atoms with Crippen molar-refractivity contribution in [3.05, 3.63) is 95.7 Å². The van der Waals surface area contributed by atoms with Crippen LogP contribution in [0.15, 0.2) is 72.8 Å². The van der Waals surface area contributed by atoms with E-state index >= 15 is 0 Å². The first-order valence-electron chi connectivity index (χ1n) is 10.1. The molecule has 1 N–H and O–H groups in total. The molecule has 32 heavy (non-hydrogen) atoms. The fraction of sp³-hybridized carbons (Fsp3) is 0.160. The van der Waals surface area contributed by atoms with Gasteiger partial charge in [-0.05, 0) is 30.3 Å². The molecule has 0 fully saturated rings. The minimum Gasteiger partial charge on any atom is -0.489 e. The number of hydrogen-bond acceptors (Lipinski definition) is 3. The number of benzene rings is 3. The van der Waals surface area contributed by atoms with Crippen LogP contribution >= 0.6 is 0 Å². The van der Waals surface area contributed by atoms with E-state index in [4.69, 9.17) is 9.47 Å². The third kappa shape index (κ3) is 4.63. The van der Waals surface area contributed by atoms with E-state index in [0.717, 1.165) is 10.9 Å². The molecule has 164 valence electrons. The number of methoxy groups -OCH3 is 1. The average Bonchev–Trinajstić information content (AvgIpc) is 3.15. The van der Waals surface area contributed by atoms with Gasteiger partial charge in [0.05, 0.1) is 18.8 Å². The van der Waals surface area contributed by atoms with E-state index in [-0.39, 0.29) is 24.7 Å². The number of anilines is 1. The van der Waals surface area contributed by atoms with Crippen LogP contribution in [0.25, 0.3) is 10.9 Å². The Balaban J connectivity index is 1.69. The smallest absolute Gasteiger partial charge is 0.272 e. The maximum Gasteiger partial charge on any atom is 0.272 e. The molecular weight excluding hydrogens is 414 g/mol. The van der Waals surface area contributed by atoms with Crippen molar-refractivity contribution < 1.29 is 23.0 Å². The van der Waals surface area contributed by atoms with E-state index in [0.29, 0.717) is 23.6 Å². The number of amides is 1. The fourth-order valence-corrected chi connectivity index (χ4v) is 3.51. The molecule has 0 radical (unpaired) electrons. The van der Waals surface area contributed by atoms with Crippen molar-refractivity contribution in [2.24, 2.45) is 0 Å². The fourth-order valence-electron chi connectivity index (χ4n) is 3.51. The first-order valence-corrected chi connectivity index (χ1v) is 10.1. The molecule has 0 aliphatic heterocycles. The van der Waals surface area contributed by atoms with E-state index in [1.165, 1.54) is 24.3 Å². The highest BCUT2D eigenvalue weighted by Gasteiger charge is 2.19. The van der Waals surface area contributed by atoms with Crippen LogP contribution in [-0.2, 0) is 11.3 Å². The quantitative estimate of drug-likeness (QED) is 0.384. The van der Waals surface area contributed by atoms with Gasteiger partial charge < -0.3 is 19.4 Å². The Labute approximate surface area is 184 Å². The molecule has 7 heteroatoms. The molecule has 1 amide bonds. The maximum atomic E-state index is 14.3. The summed E-state index contributed by atoms with van der Waals surface area (Å²) in [6.07, 6.45) is 0. The summed E-state index contributed by atoms with van der Waals surface area (Å²) in [5.74, 6) is -0.991. The van der Waals surface area contributed by atoms with Gasteiger partial charge in [0, 0.05) is 29.6 Å². The minimum absolute atomic E-state index is 0.170. The number of carbonyl (C=O) groups is 1. The van der Waals surface area contributed by atoms with Crippen LogP contribution in [-0.4, -0.2) is 30.8 Å². The Bertz CT molecular complexity index is 1250. The number of halogens is 2. The molecule has 0 saturated heterocycles. The number of fused-ring (bicyclic) bond motifs is 1. The molecule has 0 aliphatic rings. The van der Waals surface area contributed by atoms with Gasteiger partial charge in [-0.1, -0.05) is 36.4 Å². The van der Waals surface area contributed by atoms with Gasteiger partial charge in [-0.15, -0.1) is 0 Å². The van der Waals surface area contributed by atoms with Crippen molar-refractivity contribution in [3.63, 3.8) is 0 Å². The zero-order chi connectivity index (χ0) is 22.5. The van der Waals surface area contributed by atoms with Crippen LogP contribution in [0.4, 0.5) is 14.5 Å². The molecule has 4 aromatic rings. The molecule has 0 spiro atoms. The van der Waals surface area contributed by atoms with Gasteiger partial charge in [0.25, 0.3) is 5.91 Å². The standard InChI is InChI=1S/C25H22F2N2O3/c1-31-12-13-32-24-11-10-19(26)15-21(24)28-25(30)23-14-17-6-3-5-9-22(17)29(23)16-18-7-2-4-8-20(18)27/h2-11,14-15H,12-13,16H2,1H3,(H,28,30). The van der Waals surface area contributed by atoms with E-state index in [1.54, 1.807) is 35.9 Å². The summed E-state index contributed by atoms with van der Waals surface area (Å²) < 4.78 is 40.5. The predicted molar refractivity (Wildman–Crippen MR) is 119 cm³/mol. The topological polar surface area (TPSA) is 52.5 Å². The number of rotatable bonds is 8. The number of nitrogens with one attached hydrogen (secondary N) is 1. The second kappa shape index (κ2) is 9.62. The normalized spacial score (nSPS) is 11.0. The molecule has 5 nitrogen and oxygen atoms in total. The Morgan fingerprint density at radius 1 is 0.969 bits per heavy atom. The van der Waals surface area contributed by atoms with E-state index < -0.39 is 11.7 Å². The molecule has 3 aromatic carbocycles. The average molecular weight is 436 g/mol. The number of nitrogens with zero attached hydrogens (tertiary/aromatic N) is 1. The van der Waals surface area contributed by atoms with Gasteiger partial charge in [0.15, 0.2) is 0 Å². The highest BCUT2D eigenvalue weighted by Crippen LogP contribution is 2.28. The zero-order valence-electron chi connectivity index (χ0n) is 17.5. The zero-order valence-corrected chi connectivity index (χ0v) is 17.5. The number of aromatic nitrogens is 1. The van der Waals surface area contributed by atoms with Crippen LogP contribution in [0, 0.1) is 11.6 Å². The molecule has 0 atom stereocenters. The van der Waals surface area contributed by atoms with Crippen LogP contribution in [0.5, 0.6) is 5.75 Å². The van der Waals surface area contributed by atoms with Crippen molar-refractivity contribution >= 4 is 22.5 Å². The van der Waals surface area contributed by atoms with Gasteiger partial charge in [0.2, 0.25) is 0 Å². The van der Waals surface area contributed by atoms with Crippen molar-refractivity contribution in [1.29, 1.82) is 0 Å². The molecular formula is C25H22F2N2O3. The van der Waals surface area contributed by atoms with Crippen LogP contribution in [0.1, 0.15) is 16.1 Å². The van der Waals surface area contributed by atoms with Gasteiger partial charge in [0.1, 0.15) is 29.7 Å². The van der Waals surface area contributed by atoms with Crippen molar-refractivity contribution in [2.75, 3.05) is 25.6 Å². The van der Waals surface area contributed by atoms with Gasteiger partial charge in [-0.3, -0.25) is 4.79 Å². The Morgan fingerprint density at radius 3 is 2.56 bits per heavy atom.